The van der Waals surface area contributed by atoms with Crippen LogP contribution in [-0.2, 0) is 4.74 Å². The molecule has 0 saturated heterocycles. The van der Waals surface area contributed by atoms with Gasteiger partial charge in [-0.2, -0.15) is 0 Å². The molecule has 0 aliphatic heterocycles. The van der Waals surface area contributed by atoms with Crippen molar-refractivity contribution in [2.45, 2.75) is 45.1 Å². The maximum absolute atomic E-state index is 11.5. The zero-order valence-corrected chi connectivity index (χ0v) is 9.42. The molecule has 4 heteroatoms. The van der Waals surface area contributed by atoms with E-state index in [0.717, 1.165) is 12.8 Å². The summed E-state index contributed by atoms with van der Waals surface area (Å²) in [5.41, 5.74) is 0. The number of carbonyl (C=O) groups is 1. The Hall–Kier alpha value is -0.440. The predicted octanol–water partition coefficient (Wildman–Crippen LogP) is 2.97. The van der Waals surface area contributed by atoms with Crippen LogP contribution in [0.25, 0.3) is 0 Å². The van der Waals surface area contributed by atoms with Crippen LogP contribution < -0.4 is 0 Å². The van der Waals surface area contributed by atoms with Gasteiger partial charge in [0.2, 0.25) is 0 Å². The lowest BCUT2D eigenvalue weighted by atomic mass is 9.95. The second-order valence-corrected chi connectivity index (χ2v) is 3.82. The summed E-state index contributed by atoms with van der Waals surface area (Å²) < 4.78 is 4.95. The van der Waals surface area contributed by atoms with E-state index in [9.17, 15) is 4.79 Å². The molecule has 0 N–H and O–H groups in total. The van der Waals surface area contributed by atoms with Crippen molar-refractivity contribution < 1.29 is 9.53 Å². The Morgan fingerprint density at radius 3 is 2.57 bits per heavy atom. The number of rotatable bonds is 3. The maximum atomic E-state index is 11.5. The predicted molar refractivity (Wildman–Crippen MR) is 56.5 cm³/mol. The highest BCUT2D eigenvalue weighted by Gasteiger charge is 2.25. The standard InChI is InChI=1S/C10H18ClNO2/c1-2-14-10(13)12(8-11)9-6-4-3-5-7-9/h9H,2-8H2,1H3. The average Bonchev–Trinajstić information content (AvgIpc) is 2.21. The third-order valence-electron chi connectivity index (χ3n) is 2.65. The van der Waals surface area contributed by atoms with Crippen LogP contribution >= 0.6 is 11.6 Å². The third-order valence-corrected chi connectivity index (χ3v) is 2.90. The lowest BCUT2D eigenvalue weighted by Gasteiger charge is -2.31. The Morgan fingerprint density at radius 1 is 1.43 bits per heavy atom. The smallest absolute Gasteiger partial charge is 0.410 e. The van der Waals surface area contributed by atoms with Gasteiger partial charge in [-0.25, -0.2) is 4.79 Å². The Labute approximate surface area is 90.4 Å². The van der Waals surface area contributed by atoms with E-state index < -0.39 is 0 Å². The van der Waals surface area contributed by atoms with Gasteiger partial charge < -0.3 is 4.74 Å². The van der Waals surface area contributed by atoms with Crippen molar-refractivity contribution in [3.63, 3.8) is 0 Å². The summed E-state index contributed by atoms with van der Waals surface area (Å²) >= 11 is 5.76. The van der Waals surface area contributed by atoms with Gasteiger partial charge in [0, 0.05) is 6.04 Å². The number of halogens is 1. The summed E-state index contributed by atoms with van der Waals surface area (Å²) in [6, 6.07) is 0.532. The zero-order chi connectivity index (χ0) is 10.4. The quantitative estimate of drug-likeness (QED) is 0.540. The molecule has 1 rings (SSSR count). The molecule has 0 heterocycles. The van der Waals surface area contributed by atoms with E-state index in [1.165, 1.54) is 19.3 Å². The lowest BCUT2D eigenvalue weighted by molar-refractivity contribution is 0.0896. The molecular weight excluding hydrogens is 202 g/mol. The van der Waals surface area contributed by atoms with Crippen LogP contribution in [0.4, 0.5) is 4.79 Å². The van der Waals surface area contributed by atoms with E-state index in [-0.39, 0.29) is 12.1 Å². The number of hydrogen-bond acceptors (Lipinski definition) is 2. The van der Waals surface area contributed by atoms with E-state index >= 15 is 0 Å². The Morgan fingerprint density at radius 2 is 2.07 bits per heavy atom. The Kier molecular flexibility index (Phi) is 5.09. The minimum atomic E-state index is -0.269. The van der Waals surface area contributed by atoms with Crippen LogP contribution in [0.1, 0.15) is 39.0 Å². The van der Waals surface area contributed by atoms with Crippen LogP contribution in [0.5, 0.6) is 0 Å². The van der Waals surface area contributed by atoms with Crippen molar-refractivity contribution in [3.05, 3.63) is 0 Å². The third kappa shape index (κ3) is 3.05. The van der Waals surface area contributed by atoms with Gasteiger partial charge >= 0.3 is 6.09 Å². The molecule has 14 heavy (non-hydrogen) atoms. The first kappa shape index (κ1) is 11.6. The van der Waals surface area contributed by atoms with Gasteiger partial charge in [-0.05, 0) is 19.8 Å². The number of alkyl halides is 1. The largest absolute Gasteiger partial charge is 0.450 e. The lowest BCUT2D eigenvalue weighted by Crippen LogP contribution is -2.40. The summed E-state index contributed by atoms with van der Waals surface area (Å²) in [7, 11) is 0. The Balaban J connectivity index is 2.46. The number of nitrogens with zero attached hydrogens (tertiary/aromatic N) is 1. The number of amides is 1. The molecule has 1 aliphatic rings. The topological polar surface area (TPSA) is 29.5 Å². The molecular formula is C10H18ClNO2. The number of ether oxygens (including phenoxy) is 1. The van der Waals surface area contributed by atoms with Gasteiger partial charge in [0.1, 0.15) is 0 Å². The van der Waals surface area contributed by atoms with E-state index in [4.69, 9.17) is 16.3 Å². The van der Waals surface area contributed by atoms with Gasteiger partial charge in [-0.1, -0.05) is 19.3 Å². The van der Waals surface area contributed by atoms with Gasteiger partial charge in [-0.15, -0.1) is 11.6 Å². The molecule has 1 aliphatic carbocycles. The van der Waals surface area contributed by atoms with E-state index in [1.54, 1.807) is 4.90 Å². The van der Waals surface area contributed by atoms with E-state index in [0.29, 0.717) is 12.6 Å². The summed E-state index contributed by atoms with van der Waals surface area (Å²) in [5.74, 6) is 0. The fraction of sp³-hybridized carbons (Fsp3) is 0.900. The molecule has 0 atom stereocenters. The van der Waals surface area contributed by atoms with Crippen LogP contribution in [-0.4, -0.2) is 29.6 Å². The Bertz CT molecular complexity index is 181. The molecule has 0 radical (unpaired) electrons. The average molecular weight is 220 g/mol. The van der Waals surface area contributed by atoms with Gasteiger partial charge in [0.15, 0.2) is 0 Å². The molecule has 82 valence electrons. The van der Waals surface area contributed by atoms with Gasteiger partial charge in [0.05, 0.1) is 12.6 Å². The SMILES string of the molecule is CCOC(=O)N(CCl)C1CCCCC1. The number of carbonyl (C=O) groups excluding carboxylic acids is 1. The highest BCUT2D eigenvalue weighted by Crippen LogP contribution is 2.23. The highest BCUT2D eigenvalue weighted by atomic mass is 35.5. The normalized spacial score (nSPS) is 17.9. The zero-order valence-electron chi connectivity index (χ0n) is 8.67. The first-order chi connectivity index (χ1) is 6.79. The summed E-state index contributed by atoms with van der Waals surface area (Å²) in [5, 5.41) is 0. The monoisotopic (exact) mass is 219 g/mol. The maximum Gasteiger partial charge on any atom is 0.410 e. The molecule has 0 bridgehead atoms. The van der Waals surface area contributed by atoms with Crippen molar-refractivity contribution in [1.82, 2.24) is 4.90 Å². The molecule has 0 unspecified atom stereocenters. The van der Waals surface area contributed by atoms with Crippen molar-refractivity contribution in [2.75, 3.05) is 12.6 Å². The fourth-order valence-electron chi connectivity index (χ4n) is 1.89. The van der Waals surface area contributed by atoms with Crippen molar-refractivity contribution in [2.24, 2.45) is 0 Å². The van der Waals surface area contributed by atoms with Crippen LogP contribution in [0, 0.1) is 0 Å². The van der Waals surface area contributed by atoms with Crippen molar-refractivity contribution in [1.29, 1.82) is 0 Å². The van der Waals surface area contributed by atoms with Crippen LogP contribution in [0.3, 0.4) is 0 Å². The molecule has 0 spiro atoms. The first-order valence-electron chi connectivity index (χ1n) is 5.29. The minimum Gasteiger partial charge on any atom is -0.450 e. The van der Waals surface area contributed by atoms with Crippen molar-refractivity contribution >= 4 is 17.7 Å². The second-order valence-electron chi connectivity index (χ2n) is 3.58. The molecule has 0 aromatic heterocycles. The first-order valence-corrected chi connectivity index (χ1v) is 5.82. The molecule has 0 aromatic rings. The molecule has 0 aromatic carbocycles. The highest BCUT2D eigenvalue weighted by molar-refractivity contribution is 6.18. The fourth-order valence-corrected chi connectivity index (χ4v) is 2.19. The molecule has 1 fully saturated rings. The molecule has 1 saturated carbocycles. The van der Waals surface area contributed by atoms with E-state index in [1.807, 2.05) is 6.92 Å². The van der Waals surface area contributed by atoms with Crippen LogP contribution in [0.15, 0.2) is 0 Å². The molecule has 1 amide bonds. The minimum absolute atomic E-state index is 0.240. The molecule has 3 nitrogen and oxygen atoms in total. The van der Waals surface area contributed by atoms with Crippen LogP contribution in [0.2, 0.25) is 0 Å². The van der Waals surface area contributed by atoms with E-state index in [2.05, 4.69) is 0 Å². The summed E-state index contributed by atoms with van der Waals surface area (Å²) in [6.07, 6.45) is 5.51. The van der Waals surface area contributed by atoms with Gasteiger partial charge in [-0.3, -0.25) is 4.90 Å². The summed E-state index contributed by atoms with van der Waals surface area (Å²) in [6.45, 7) is 2.23. The second kappa shape index (κ2) is 6.12. The summed E-state index contributed by atoms with van der Waals surface area (Å²) in [4.78, 5) is 13.1. The number of hydrogen-bond donors (Lipinski definition) is 0. The van der Waals surface area contributed by atoms with Crippen molar-refractivity contribution in [3.8, 4) is 0 Å². The van der Waals surface area contributed by atoms with Gasteiger partial charge in [0.25, 0.3) is 0 Å².